The predicted octanol–water partition coefficient (Wildman–Crippen LogP) is 2.50. The summed E-state index contributed by atoms with van der Waals surface area (Å²) in [6.45, 7) is 4.33. The Morgan fingerprint density at radius 1 is 1.53 bits per heavy atom. The Labute approximate surface area is 114 Å². The van der Waals surface area contributed by atoms with E-state index in [4.69, 9.17) is 4.74 Å². The van der Waals surface area contributed by atoms with Crippen LogP contribution in [0, 0.1) is 0 Å². The van der Waals surface area contributed by atoms with Crippen LogP contribution in [-0.2, 0) is 4.74 Å². The van der Waals surface area contributed by atoms with E-state index in [0.717, 1.165) is 18.7 Å². The smallest absolute Gasteiger partial charge is 0.322 e. The number of urea groups is 1. The SMILES string of the molecule is CCCCCOC1CN(C(=O)Nc2cccnc2)C1. The molecule has 1 aliphatic rings. The van der Waals surface area contributed by atoms with Gasteiger partial charge in [-0.1, -0.05) is 19.8 Å². The Bertz CT molecular complexity index is 391. The number of rotatable bonds is 6. The molecule has 0 unspecified atom stereocenters. The molecule has 5 heteroatoms. The van der Waals surface area contributed by atoms with E-state index < -0.39 is 0 Å². The molecule has 1 saturated heterocycles. The first-order chi connectivity index (χ1) is 9.29. The summed E-state index contributed by atoms with van der Waals surface area (Å²) in [5, 5.41) is 2.81. The quantitative estimate of drug-likeness (QED) is 0.802. The molecule has 0 atom stereocenters. The summed E-state index contributed by atoms with van der Waals surface area (Å²) in [6.07, 6.45) is 7.03. The van der Waals surface area contributed by atoms with E-state index in [-0.39, 0.29) is 12.1 Å². The first-order valence-corrected chi connectivity index (χ1v) is 6.87. The number of ether oxygens (including phenoxy) is 1. The monoisotopic (exact) mass is 263 g/mol. The third-order valence-electron chi connectivity index (χ3n) is 3.15. The third-order valence-corrected chi connectivity index (χ3v) is 3.15. The number of hydrogen-bond donors (Lipinski definition) is 1. The number of pyridine rings is 1. The van der Waals surface area contributed by atoms with Crippen LogP contribution in [0.1, 0.15) is 26.2 Å². The number of nitrogens with zero attached hydrogens (tertiary/aromatic N) is 2. The van der Waals surface area contributed by atoms with E-state index in [1.807, 2.05) is 6.07 Å². The minimum atomic E-state index is -0.0820. The second-order valence-electron chi connectivity index (χ2n) is 4.78. The molecule has 0 aromatic carbocycles. The van der Waals surface area contributed by atoms with E-state index >= 15 is 0 Å². The summed E-state index contributed by atoms with van der Waals surface area (Å²) in [7, 11) is 0. The number of amides is 2. The molecule has 0 radical (unpaired) electrons. The van der Waals surface area contributed by atoms with Gasteiger partial charge in [-0.3, -0.25) is 4.98 Å². The molecule has 0 spiro atoms. The molecule has 104 valence electrons. The lowest BCUT2D eigenvalue weighted by Gasteiger charge is -2.38. The zero-order chi connectivity index (χ0) is 13.5. The van der Waals surface area contributed by atoms with E-state index in [9.17, 15) is 4.79 Å². The Balaban J connectivity index is 1.62. The second-order valence-corrected chi connectivity index (χ2v) is 4.78. The zero-order valence-electron chi connectivity index (χ0n) is 11.3. The molecular formula is C14H21N3O2. The minimum Gasteiger partial charge on any atom is -0.375 e. The molecule has 5 nitrogen and oxygen atoms in total. The highest BCUT2D eigenvalue weighted by molar-refractivity contribution is 5.89. The fourth-order valence-electron chi connectivity index (χ4n) is 1.95. The molecule has 1 fully saturated rings. The Morgan fingerprint density at radius 3 is 3.05 bits per heavy atom. The molecule has 1 aromatic heterocycles. The van der Waals surface area contributed by atoms with Crippen LogP contribution in [-0.4, -0.2) is 41.7 Å². The highest BCUT2D eigenvalue weighted by Crippen LogP contribution is 2.14. The third kappa shape index (κ3) is 4.21. The highest BCUT2D eigenvalue weighted by Gasteiger charge is 2.31. The summed E-state index contributed by atoms with van der Waals surface area (Å²) < 4.78 is 5.68. The lowest BCUT2D eigenvalue weighted by Crippen LogP contribution is -2.56. The lowest BCUT2D eigenvalue weighted by atomic mass is 10.2. The van der Waals surface area contributed by atoms with Crippen molar-refractivity contribution in [3.63, 3.8) is 0 Å². The van der Waals surface area contributed by atoms with Gasteiger partial charge in [-0.2, -0.15) is 0 Å². The van der Waals surface area contributed by atoms with Gasteiger partial charge in [0.05, 0.1) is 31.1 Å². The van der Waals surface area contributed by atoms with Crippen molar-refractivity contribution in [2.45, 2.75) is 32.3 Å². The summed E-state index contributed by atoms with van der Waals surface area (Å²) in [6, 6.07) is 3.54. The number of nitrogens with one attached hydrogen (secondary N) is 1. The maximum absolute atomic E-state index is 11.8. The molecular weight excluding hydrogens is 242 g/mol. The minimum absolute atomic E-state index is 0.0820. The number of likely N-dealkylation sites (tertiary alicyclic amines) is 1. The normalized spacial score (nSPS) is 15.1. The van der Waals surface area contributed by atoms with Gasteiger partial charge >= 0.3 is 6.03 Å². The van der Waals surface area contributed by atoms with Crippen LogP contribution in [0.2, 0.25) is 0 Å². The van der Waals surface area contributed by atoms with Crippen molar-refractivity contribution in [1.29, 1.82) is 0 Å². The topological polar surface area (TPSA) is 54.5 Å². The van der Waals surface area contributed by atoms with Crippen LogP contribution in [0.15, 0.2) is 24.5 Å². The number of anilines is 1. The summed E-state index contributed by atoms with van der Waals surface area (Å²) in [5.41, 5.74) is 0.722. The van der Waals surface area contributed by atoms with Crippen LogP contribution in [0.5, 0.6) is 0 Å². The van der Waals surface area contributed by atoms with Gasteiger partial charge in [-0.15, -0.1) is 0 Å². The zero-order valence-corrected chi connectivity index (χ0v) is 11.3. The molecule has 0 bridgehead atoms. The van der Waals surface area contributed by atoms with Gasteiger partial charge in [0, 0.05) is 12.8 Å². The first-order valence-electron chi connectivity index (χ1n) is 6.87. The fraction of sp³-hybridized carbons (Fsp3) is 0.571. The fourth-order valence-corrected chi connectivity index (χ4v) is 1.95. The predicted molar refractivity (Wildman–Crippen MR) is 74.1 cm³/mol. The Kier molecular flexibility index (Phi) is 5.15. The molecule has 0 saturated carbocycles. The van der Waals surface area contributed by atoms with Crippen LogP contribution < -0.4 is 5.32 Å². The molecule has 1 aromatic rings. The van der Waals surface area contributed by atoms with Gasteiger partial charge in [0.1, 0.15) is 0 Å². The Hall–Kier alpha value is -1.62. The van der Waals surface area contributed by atoms with Crippen molar-refractivity contribution in [2.75, 3.05) is 25.0 Å². The first kappa shape index (κ1) is 13.8. The van der Waals surface area contributed by atoms with Crippen molar-refractivity contribution in [3.8, 4) is 0 Å². The molecule has 2 heterocycles. The van der Waals surface area contributed by atoms with Gasteiger partial charge in [-0.25, -0.2) is 4.79 Å². The average molecular weight is 263 g/mol. The Morgan fingerprint density at radius 2 is 2.37 bits per heavy atom. The van der Waals surface area contributed by atoms with Gasteiger partial charge in [-0.05, 0) is 18.6 Å². The summed E-state index contributed by atoms with van der Waals surface area (Å²) in [4.78, 5) is 17.6. The highest BCUT2D eigenvalue weighted by atomic mass is 16.5. The maximum atomic E-state index is 11.8. The van der Waals surface area contributed by atoms with E-state index in [1.54, 1.807) is 23.4 Å². The van der Waals surface area contributed by atoms with Crippen molar-refractivity contribution in [3.05, 3.63) is 24.5 Å². The molecule has 1 N–H and O–H groups in total. The van der Waals surface area contributed by atoms with Crippen molar-refractivity contribution < 1.29 is 9.53 Å². The number of aromatic nitrogens is 1. The molecule has 1 aliphatic heterocycles. The van der Waals surface area contributed by atoms with Gasteiger partial charge in [0.2, 0.25) is 0 Å². The summed E-state index contributed by atoms with van der Waals surface area (Å²) in [5.74, 6) is 0. The average Bonchev–Trinajstić information content (AvgIpc) is 2.37. The number of hydrogen-bond acceptors (Lipinski definition) is 3. The number of carbonyl (C=O) groups is 1. The molecule has 0 aliphatic carbocycles. The van der Waals surface area contributed by atoms with Crippen LogP contribution in [0.3, 0.4) is 0 Å². The van der Waals surface area contributed by atoms with Crippen molar-refractivity contribution >= 4 is 11.7 Å². The molecule has 19 heavy (non-hydrogen) atoms. The number of carbonyl (C=O) groups excluding carboxylic acids is 1. The van der Waals surface area contributed by atoms with E-state index in [1.165, 1.54) is 12.8 Å². The van der Waals surface area contributed by atoms with Crippen LogP contribution >= 0.6 is 0 Å². The summed E-state index contributed by atoms with van der Waals surface area (Å²) >= 11 is 0. The van der Waals surface area contributed by atoms with E-state index in [2.05, 4.69) is 17.2 Å². The van der Waals surface area contributed by atoms with Crippen LogP contribution in [0.4, 0.5) is 10.5 Å². The van der Waals surface area contributed by atoms with Crippen LogP contribution in [0.25, 0.3) is 0 Å². The molecule has 2 amide bonds. The van der Waals surface area contributed by atoms with Gasteiger partial charge in [0.15, 0.2) is 0 Å². The van der Waals surface area contributed by atoms with Crippen molar-refractivity contribution in [1.82, 2.24) is 9.88 Å². The number of unbranched alkanes of at least 4 members (excludes halogenated alkanes) is 2. The maximum Gasteiger partial charge on any atom is 0.322 e. The van der Waals surface area contributed by atoms with Crippen molar-refractivity contribution in [2.24, 2.45) is 0 Å². The van der Waals surface area contributed by atoms with Gasteiger partial charge < -0.3 is 15.0 Å². The van der Waals surface area contributed by atoms with E-state index in [0.29, 0.717) is 13.1 Å². The second kappa shape index (κ2) is 7.09. The standard InChI is InChI=1S/C14H21N3O2/c1-2-3-4-8-19-13-10-17(11-13)14(18)16-12-6-5-7-15-9-12/h5-7,9,13H,2-4,8,10-11H2,1H3,(H,16,18). The molecule has 2 rings (SSSR count). The lowest BCUT2D eigenvalue weighted by molar-refractivity contribution is -0.0342. The largest absolute Gasteiger partial charge is 0.375 e. The van der Waals surface area contributed by atoms with Gasteiger partial charge in [0.25, 0.3) is 0 Å².